The SMILES string of the molecule is CCn1ncnc1CC(NN)C1CSCCS1. The highest BCUT2D eigenvalue weighted by molar-refractivity contribution is 8.06. The minimum absolute atomic E-state index is 0.280. The van der Waals surface area contributed by atoms with E-state index in [0.717, 1.165) is 18.8 Å². The van der Waals surface area contributed by atoms with E-state index in [-0.39, 0.29) is 6.04 Å². The van der Waals surface area contributed by atoms with Gasteiger partial charge in [-0.3, -0.25) is 16.0 Å². The largest absolute Gasteiger partial charge is 0.271 e. The van der Waals surface area contributed by atoms with Crippen molar-refractivity contribution < 1.29 is 0 Å². The van der Waals surface area contributed by atoms with Gasteiger partial charge in [-0.25, -0.2) is 4.98 Å². The molecule has 1 fully saturated rings. The van der Waals surface area contributed by atoms with Gasteiger partial charge in [0, 0.05) is 41.5 Å². The van der Waals surface area contributed by atoms with E-state index >= 15 is 0 Å². The molecule has 96 valence electrons. The van der Waals surface area contributed by atoms with E-state index in [4.69, 9.17) is 5.84 Å². The van der Waals surface area contributed by atoms with Crippen LogP contribution in [0.3, 0.4) is 0 Å². The molecule has 0 spiro atoms. The van der Waals surface area contributed by atoms with Crippen LogP contribution < -0.4 is 11.3 Å². The molecule has 2 rings (SSSR count). The Morgan fingerprint density at radius 2 is 2.53 bits per heavy atom. The highest BCUT2D eigenvalue weighted by Gasteiger charge is 2.25. The minimum atomic E-state index is 0.280. The van der Waals surface area contributed by atoms with Crippen molar-refractivity contribution in [1.82, 2.24) is 20.2 Å². The van der Waals surface area contributed by atoms with Crippen LogP contribution in [0.1, 0.15) is 12.7 Å². The van der Waals surface area contributed by atoms with E-state index in [1.807, 2.05) is 28.2 Å². The normalized spacial score (nSPS) is 22.6. The first kappa shape index (κ1) is 13.2. The van der Waals surface area contributed by atoms with Crippen molar-refractivity contribution in [2.24, 2.45) is 5.84 Å². The molecule has 0 amide bonds. The summed E-state index contributed by atoms with van der Waals surface area (Å²) in [5.74, 6) is 10.3. The summed E-state index contributed by atoms with van der Waals surface area (Å²) in [7, 11) is 0. The van der Waals surface area contributed by atoms with Gasteiger partial charge in [-0.05, 0) is 6.92 Å². The third kappa shape index (κ3) is 3.37. The number of nitrogens with two attached hydrogens (primary N) is 1. The fourth-order valence-electron chi connectivity index (χ4n) is 1.94. The van der Waals surface area contributed by atoms with Crippen molar-refractivity contribution in [2.45, 2.75) is 31.2 Å². The summed E-state index contributed by atoms with van der Waals surface area (Å²) in [6.45, 7) is 2.94. The molecule has 1 aromatic heterocycles. The van der Waals surface area contributed by atoms with Gasteiger partial charge in [0.25, 0.3) is 0 Å². The Bertz CT molecular complexity index is 337. The first-order valence-corrected chi connectivity index (χ1v) is 8.07. The van der Waals surface area contributed by atoms with Crippen molar-refractivity contribution in [3.8, 4) is 0 Å². The van der Waals surface area contributed by atoms with Crippen LogP contribution in [0.4, 0.5) is 0 Å². The molecule has 1 aromatic rings. The second-order valence-corrected chi connectivity index (χ2v) is 6.45. The Morgan fingerprint density at radius 3 is 3.18 bits per heavy atom. The van der Waals surface area contributed by atoms with E-state index in [1.54, 1.807) is 6.33 Å². The first-order valence-electron chi connectivity index (χ1n) is 5.87. The van der Waals surface area contributed by atoms with E-state index in [0.29, 0.717) is 5.25 Å². The smallest absolute Gasteiger partial charge is 0.138 e. The maximum atomic E-state index is 5.68. The molecule has 5 nitrogen and oxygen atoms in total. The number of hydrogen-bond acceptors (Lipinski definition) is 6. The quantitative estimate of drug-likeness (QED) is 0.602. The van der Waals surface area contributed by atoms with Gasteiger partial charge in [0.2, 0.25) is 0 Å². The molecule has 0 bridgehead atoms. The minimum Gasteiger partial charge on any atom is -0.271 e. The number of thioether (sulfide) groups is 2. The van der Waals surface area contributed by atoms with Crippen LogP contribution in [0.5, 0.6) is 0 Å². The lowest BCUT2D eigenvalue weighted by atomic mass is 10.1. The molecule has 2 heterocycles. The zero-order chi connectivity index (χ0) is 12.1. The fraction of sp³-hybridized carbons (Fsp3) is 0.800. The second kappa shape index (κ2) is 6.63. The Kier molecular flexibility index (Phi) is 5.15. The molecular weight excluding hydrogens is 254 g/mol. The van der Waals surface area contributed by atoms with Crippen LogP contribution in [0.25, 0.3) is 0 Å². The summed E-state index contributed by atoms with van der Waals surface area (Å²) >= 11 is 4.02. The molecule has 17 heavy (non-hydrogen) atoms. The molecule has 7 heteroatoms. The van der Waals surface area contributed by atoms with Gasteiger partial charge >= 0.3 is 0 Å². The number of hydrogen-bond donors (Lipinski definition) is 2. The molecule has 0 radical (unpaired) electrons. The highest BCUT2D eigenvalue weighted by atomic mass is 32.2. The zero-order valence-corrected chi connectivity index (χ0v) is 11.6. The summed E-state index contributed by atoms with van der Waals surface area (Å²) in [4.78, 5) is 4.31. The van der Waals surface area contributed by atoms with Gasteiger partial charge in [0.1, 0.15) is 12.2 Å². The first-order chi connectivity index (χ1) is 8.35. The van der Waals surface area contributed by atoms with Gasteiger partial charge in [-0.15, -0.1) is 0 Å². The Morgan fingerprint density at radius 1 is 1.65 bits per heavy atom. The van der Waals surface area contributed by atoms with Gasteiger partial charge < -0.3 is 0 Å². The maximum absolute atomic E-state index is 5.68. The topological polar surface area (TPSA) is 68.8 Å². The van der Waals surface area contributed by atoms with Crippen molar-refractivity contribution in [2.75, 3.05) is 17.3 Å². The molecule has 2 atom stereocenters. The number of rotatable bonds is 5. The van der Waals surface area contributed by atoms with E-state index in [2.05, 4.69) is 22.4 Å². The van der Waals surface area contributed by atoms with Crippen molar-refractivity contribution in [1.29, 1.82) is 0 Å². The predicted molar refractivity (Wildman–Crippen MR) is 74.1 cm³/mol. The number of nitrogens with one attached hydrogen (secondary N) is 1. The lowest BCUT2D eigenvalue weighted by Crippen LogP contribution is -2.46. The van der Waals surface area contributed by atoms with Gasteiger partial charge in [-0.1, -0.05) is 0 Å². The summed E-state index contributed by atoms with van der Waals surface area (Å²) in [6.07, 6.45) is 2.47. The molecule has 3 N–H and O–H groups in total. The van der Waals surface area contributed by atoms with E-state index < -0.39 is 0 Å². The number of hydrazine groups is 1. The van der Waals surface area contributed by atoms with Crippen LogP contribution in [0.2, 0.25) is 0 Å². The molecule has 0 aromatic carbocycles. The van der Waals surface area contributed by atoms with Crippen molar-refractivity contribution in [3.63, 3.8) is 0 Å². The summed E-state index contributed by atoms with van der Waals surface area (Å²) in [6, 6.07) is 0.280. The third-order valence-electron chi connectivity index (χ3n) is 2.90. The lowest BCUT2D eigenvalue weighted by Gasteiger charge is -2.28. The zero-order valence-electron chi connectivity index (χ0n) is 10.0. The average Bonchev–Trinajstić information content (AvgIpc) is 2.84. The van der Waals surface area contributed by atoms with Gasteiger partial charge in [0.15, 0.2) is 0 Å². The second-order valence-electron chi connectivity index (χ2n) is 3.95. The van der Waals surface area contributed by atoms with Gasteiger partial charge in [-0.2, -0.15) is 28.6 Å². The Labute approximate surface area is 110 Å². The Hall–Kier alpha value is -0.240. The number of aromatic nitrogens is 3. The van der Waals surface area contributed by atoms with Crippen molar-refractivity contribution >= 4 is 23.5 Å². The molecule has 2 unspecified atom stereocenters. The van der Waals surface area contributed by atoms with Crippen molar-refractivity contribution in [3.05, 3.63) is 12.2 Å². The molecular formula is C10H19N5S2. The third-order valence-corrected chi connectivity index (χ3v) is 5.82. The van der Waals surface area contributed by atoms with Crippen LogP contribution in [-0.4, -0.2) is 43.3 Å². The Balaban J connectivity index is 1.98. The number of nitrogens with zero attached hydrogens (tertiary/aromatic N) is 3. The predicted octanol–water partition coefficient (Wildman–Crippen LogP) is 0.521. The molecule has 0 aliphatic carbocycles. The monoisotopic (exact) mass is 273 g/mol. The van der Waals surface area contributed by atoms with Crippen LogP contribution in [-0.2, 0) is 13.0 Å². The maximum Gasteiger partial charge on any atom is 0.138 e. The number of aryl methyl sites for hydroxylation is 1. The van der Waals surface area contributed by atoms with E-state index in [1.165, 1.54) is 17.3 Å². The van der Waals surface area contributed by atoms with Crippen LogP contribution in [0, 0.1) is 0 Å². The summed E-state index contributed by atoms with van der Waals surface area (Å²) in [5, 5.41) is 4.76. The van der Waals surface area contributed by atoms with Crippen LogP contribution >= 0.6 is 23.5 Å². The standard InChI is InChI=1S/C10H19N5S2/c1-2-15-10(12-7-13-15)5-8(14-11)9-6-16-3-4-17-9/h7-9,14H,2-6,11H2,1H3. The molecule has 1 saturated heterocycles. The fourth-order valence-corrected chi connectivity index (χ4v) is 4.81. The highest BCUT2D eigenvalue weighted by Crippen LogP contribution is 2.27. The lowest BCUT2D eigenvalue weighted by molar-refractivity contribution is 0.491. The summed E-state index contributed by atoms with van der Waals surface area (Å²) < 4.78 is 1.94. The average molecular weight is 273 g/mol. The molecule has 0 saturated carbocycles. The van der Waals surface area contributed by atoms with E-state index in [9.17, 15) is 0 Å². The molecule has 1 aliphatic rings. The molecule has 1 aliphatic heterocycles. The van der Waals surface area contributed by atoms with Gasteiger partial charge in [0.05, 0.1) is 0 Å². The summed E-state index contributed by atoms with van der Waals surface area (Å²) in [5.41, 5.74) is 2.95. The van der Waals surface area contributed by atoms with Crippen LogP contribution in [0.15, 0.2) is 6.33 Å².